The Morgan fingerprint density at radius 1 is 1.12 bits per heavy atom. The largest absolute Gasteiger partial charge is 0.467 e. The molecule has 96 valence electrons. The second kappa shape index (κ2) is 6.85. The minimum absolute atomic E-state index is 0.239. The zero-order chi connectivity index (χ0) is 12.7. The molecular formula is C10H19N5O2. The van der Waals surface area contributed by atoms with Gasteiger partial charge in [-0.05, 0) is 13.6 Å². The highest BCUT2D eigenvalue weighted by Gasteiger charge is 2.06. The predicted octanol–water partition coefficient (Wildman–Crippen LogP) is 0.252. The van der Waals surface area contributed by atoms with E-state index in [1.165, 1.54) is 14.2 Å². The number of hydrogen-bond acceptors (Lipinski definition) is 7. The highest BCUT2D eigenvalue weighted by Crippen LogP contribution is 2.11. The van der Waals surface area contributed by atoms with Crippen LogP contribution in [0.2, 0.25) is 0 Å². The van der Waals surface area contributed by atoms with Crippen molar-refractivity contribution in [1.82, 2.24) is 19.9 Å². The van der Waals surface area contributed by atoms with Gasteiger partial charge >= 0.3 is 12.0 Å². The number of ether oxygens (including phenoxy) is 2. The molecule has 0 aliphatic heterocycles. The average Bonchev–Trinajstić information content (AvgIpc) is 2.37. The van der Waals surface area contributed by atoms with Gasteiger partial charge in [-0.15, -0.1) is 4.98 Å². The molecular weight excluding hydrogens is 222 g/mol. The van der Waals surface area contributed by atoms with Crippen molar-refractivity contribution in [3.05, 3.63) is 0 Å². The average molecular weight is 241 g/mol. The van der Waals surface area contributed by atoms with E-state index in [1.54, 1.807) is 0 Å². The zero-order valence-corrected chi connectivity index (χ0v) is 10.7. The monoisotopic (exact) mass is 241 g/mol. The first-order valence-electron chi connectivity index (χ1n) is 5.46. The molecule has 7 heteroatoms. The van der Waals surface area contributed by atoms with Gasteiger partial charge in [-0.1, -0.05) is 6.92 Å². The molecule has 17 heavy (non-hydrogen) atoms. The summed E-state index contributed by atoms with van der Waals surface area (Å²) in [5.74, 6) is 0.457. The van der Waals surface area contributed by atoms with E-state index in [2.05, 4.69) is 39.1 Å². The smallest absolute Gasteiger partial charge is 0.324 e. The van der Waals surface area contributed by atoms with Crippen molar-refractivity contribution in [3.63, 3.8) is 0 Å². The van der Waals surface area contributed by atoms with Gasteiger partial charge in [-0.25, -0.2) is 0 Å². The number of likely N-dealkylation sites (N-methyl/N-ethyl adjacent to an activating group) is 1. The number of anilines is 1. The van der Waals surface area contributed by atoms with Crippen LogP contribution in [0.25, 0.3) is 0 Å². The molecule has 0 bridgehead atoms. The second-order valence-corrected chi connectivity index (χ2v) is 3.46. The topological polar surface area (TPSA) is 72.4 Å². The van der Waals surface area contributed by atoms with Gasteiger partial charge in [-0.2, -0.15) is 9.97 Å². The Balaban J connectivity index is 2.57. The van der Waals surface area contributed by atoms with Gasteiger partial charge < -0.3 is 19.7 Å². The molecule has 0 atom stereocenters. The van der Waals surface area contributed by atoms with E-state index in [0.29, 0.717) is 5.95 Å². The van der Waals surface area contributed by atoms with Crippen LogP contribution < -0.4 is 14.8 Å². The Labute approximate surface area is 101 Å². The maximum absolute atomic E-state index is 4.95. The third-order valence-corrected chi connectivity index (χ3v) is 2.28. The summed E-state index contributed by atoms with van der Waals surface area (Å²) in [6.45, 7) is 4.77. The molecule has 1 N–H and O–H groups in total. The number of hydrogen-bond donors (Lipinski definition) is 1. The Hall–Kier alpha value is -1.63. The van der Waals surface area contributed by atoms with E-state index in [0.717, 1.165) is 19.6 Å². The summed E-state index contributed by atoms with van der Waals surface area (Å²) in [7, 11) is 5.06. The first-order chi connectivity index (χ1) is 8.19. The van der Waals surface area contributed by atoms with E-state index in [9.17, 15) is 0 Å². The second-order valence-electron chi connectivity index (χ2n) is 3.46. The minimum Gasteiger partial charge on any atom is -0.467 e. The number of nitrogens with zero attached hydrogens (tertiary/aromatic N) is 4. The molecule has 0 saturated heterocycles. The molecule has 0 amide bonds. The molecule has 0 fully saturated rings. The third-order valence-electron chi connectivity index (χ3n) is 2.28. The fraction of sp³-hybridized carbons (Fsp3) is 0.700. The lowest BCUT2D eigenvalue weighted by Crippen LogP contribution is -2.25. The first kappa shape index (κ1) is 13.4. The van der Waals surface area contributed by atoms with Gasteiger partial charge in [0.25, 0.3) is 0 Å². The lowest BCUT2D eigenvalue weighted by atomic mass is 10.5. The molecule has 0 saturated carbocycles. The van der Waals surface area contributed by atoms with Gasteiger partial charge in [0.2, 0.25) is 5.95 Å². The van der Waals surface area contributed by atoms with Crippen molar-refractivity contribution in [1.29, 1.82) is 0 Å². The van der Waals surface area contributed by atoms with Crippen molar-refractivity contribution in [2.24, 2.45) is 0 Å². The molecule has 0 unspecified atom stereocenters. The van der Waals surface area contributed by atoms with Crippen LogP contribution in [0.5, 0.6) is 12.0 Å². The Bertz CT molecular complexity index is 325. The van der Waals surface area contributed by atoms with Crippen molar-refractivity contribution >= 4 is 5.95 Å². The standard InChI is InChI=1S/C10H19N5O2/c1-5-15(2)7-6-11-8-12-9(16-3)14-10(13-8)17-4/h5-7H2,1-4H3,(H,11,12,13,14). The van der Waals surface area contributed by atoms with Crippen molar-refractivity contribution in [2.45, 2.75) is 6.92 Å². The maximum Gasteiger partial charge on any atom is 0.324 e. The van der Waals surface area contributed by atoms with Crippen LogP contribution >= 0.6 is 0 Å². The number of methoxy groups -OCH3 is 2. The molecule has 1 aromatic heterocycles. The first-order valence-corrected chi connectivity index (χ1v) is 5.46. The van der Waals surface area contributed by atoms with Gasteiger partial charge in [0.05, 0.1) is 14.2 Å². The van der Waals surface area contributed by atoms with Gasteiger partial charge in [0, 0.05) is 13.1 Å². The van der Waals surface area contributed by atoms with Crippen molar-refractivity contribution in [3.8, 4) is 12.0 Å². The number of aromatic nitrogens is 3. The summed E-state index contributed by atoms with van der Waals surface area (Å²) < 4.78 is 9.91. The molecule has 0 radical (unpaired) electrons. The molecule has 1 rings (SSSR count). The number of nitrogens with one attached hydrogen (secondary N) is 1. The molecule has 0 spiro atoms. The fourth-order valence-electron chi connectivity index (χ4n) is 1.12. The zero-order valence-electron chi connectivity index (χ0n) is 10.7. The summed E-state index contributed by atoms with van der Waals surface area (Å²) in [6.07, 6.45) is 0. The number of rotatable bonds is 7. The van der Waals surface area contributed by atoms with Gasteiger partial charge in [-0.3, -0.25) is 0 Å². The van der Waals surface area contributed by atoms with Crippen LogP contribution in [0.1, 0.15) is 6.92 Å². The molecule has 0 aliphatic rings. The third kappa shape index (κ3) is 4.39. The minimum atomic E-state index is 0.239. The van der Waals surface area contributed by atoms with Crippen LogP contribution in [0.15, 0.2) is 0 Å². The summed E-state index contributed by atoms with van der Waals surface area (Å²) in [4.78, 5) is 14.2. The van der Waals surface area contributed by atoms with Crippen LogP contribution in [0, 0.1) is 0 Å². The highest BCUT2D eigenvalue weighted by atomic mass is 16.5. The van der Waals surface area contributed by atoms with Crippen molar-refractivity contribution < 1.29 is 9.47 Å². The lowest BCUT2D eigenvalue weighted by molar-refractivity contribution is 0.340. The van der Waals surface area contributed by atoms with E-state index in [4.69, 9.17) is 9.47 Å². The normalized spacial score (nSPS) is 10.4. The van der Waals surface area contributed by atoms with E-state index in [1.807, 2.05) is 0 Å². The molecule has 0 aliphatic carbocycles. The molecule has 1 heterocycles. The Morgan fingerprint density at radius 2 is 1.71 bits per heavy atom. The molecule has 1 aromatic rings. The quantitative estimate of drug-likeness (QED) is 0.733. The summed E-state index contributed by atoms with van der Waals surface area (Å²) in [5, 5.41) is 3.10. The SMILES string of the molecule is CCN(C)CCNc1nc(OC)nc(OC)n1. The molecule has 0 aromatic carbocycles. The summed E-state index contributed by atoms with van der Waals surface area (Å²) >= 11 is 0. The Kier molecular flexibility index (Phi) is 5.41. The highest BCUT2D eigenvalue weighted by molar-refractivity contribution is 5.27. The fourth-order valence-corrected chi connectivity index (χ4v) is 1.12. The van der Waals surface area contributed by atoms with Crippen LogP contribution in [-0.2, 0) is 0 Å². The summed E-state index contributed by atoms with van der Waals surface area (Å²) in [6, 6.07) is 0.478. The van der Waals surface area contributed by atoms with Crippen LogP contribution in [0.3, 0.4) is 0 Å². The van der Waals surface area contributed by atoms with E-state index >= 15 is 0 Å². The van der Waals surface area contributed by atoms with Crippen LogP contribution in [-0.4, -0.2) is 60.8 Å². The van der Waals surface area contributed by atoms with Crippen LogP contribution in [0.4, 0.5) is 5.95 Å². The predicted molar refractivity (Wildman–Crippen MR) is 64.6 cm³/mol. The van der Waals surface area contributed by atoms with E-state index in [-0.39, 0.29) is 12.0 Å². The van der Waals surface area contributed by atoms with Crippen molar-refractivity contribution in [2.75, 3.05) is 46.2 Å². The maximum atomic E-state index is 4.95. The lowest BCUT2D eigenvalue weighted by Gasteiger charge is -2.14. The Morgan fingerprint density at radius 3 is 2.18 bits per heavy atom. The van der Waals surface area contributed by atoms with Gasteiger partial charge in [0.15, 0.2) is 0 Å². The van der Waals surface area contributed by atoms with E-state index < -0.39 is 0 Å². The molecule has 7 nitrogen and oxygen atoms in total. The van der Waals surface area contributed by atoms with Gasteiger partial charge in [0.1, 0.15) is 0 Å². The summed E-state index contributed by atoms with van der Waals surface area (Å²) in [5.41, 5.74) is 0.